The number of rotatable bonds is 3. The number of furan rings is 1. The van der Waals surface area contributed by atoms with Crippen LogP contribution in [0.1, 0.15) is 35.6 Å². The van der Waals surface area contributed by atoms with Crippen LogP contribution in [0.2, 0.25) is 0 Å². The van der Waals surface area contributed by atoms with Gasteiger partial charge >= 0.3 is 0 Å². The number of ketones is 1. The van der Waals surface area contributed by atoms with E-state index in [4.69, 9.17) is 9.15 Å². The van der Waals surface area contributed by atoms with Gasteiger partial charge in [-0.25, -0.2) is 0 Å². The van der Waals surface area contributed by atoms with Crippen molar-refractivity contribution in [1.29, 1.82) is 0 Å². The van der Waals surface area contributed by atoms with Crippen LogP contribution < -0.4 is 0 Å². The highest BCUT2D eigenvalue weighted by molar-refractivity contribution is 5.93. The summed E-state index contributed by atoms with van der Waals surface area (Å²) in [6, 6.07) is 3.54. The largest absolute Gasteiger partial charge is 0.458 e. The molecule has 3 nitrogen and oxygen atoms in total. The molecule has 1 saturated heterocycles. The third-order valence-corrected chi connectivity index (χ3v) is 2.45. The quantitative estimate of drug-likeness (QED) is 0.693. The molecule has 1 aliphatic heterocycles. The second-order valence-corrected chi connectivity index (χ2v) is 3.67. The van der Waals surface area contributed by atoms with Crippen molar-refractivity contribution in [3.8, 4) is 0 Å². The molecular weight excluding hydrogens is 180 g/mol. The van der Waals surface area contributed by atoms with Gasteiger partial charge in [-0.1, -0.05) is 0 Å². The van der Waals surface area contributed by atoms with Gasteiger partial charge in [0.15, 0.2) is 5.76 Å². The number of hydrogen-bond donors (Lipinski definition) is 0. The lowest BCUT2D eigenvalue weighted by molar-refractivity contribution is 0.0752. The zero-order valence-electron chi connectivity index (χ0n) is 8.29. The Morgan fingerprint density at radius 2 is 2.43 bits per heavy atom. The molecule has 1 fully saturated rings. The SMILES string of the molecule is Cc1ccc(C(=O)CC2CCCO2)o1. The van der Waals surface area contributed by atoms with E-state index in [1.54, 1.807) is 6.07 Å². The van der Waals surface area contributed by atoms with Crippen LogP contribution in [-0.4, -0.2) is 18.5 Å². The summed E-state index contributed by atoms with van der Waals surface area (Å²) < 4.78 is 10.6. The summed E-state index contributed by atoms with van der Waals surface area (Å²) in [6.07, 6.45) is 2.61. The van der Waals surface area contributed by atoms with Gasteiger partial charge in [0, 0.05) is 13.0 Å². The molecular formula is C11H14O3. The molecule has 1 atom stereocenters. The molecule has 3 heteroatoms. The summed E-state index contributed by atoms with van der Waals surface area (Å²) in [5.41, 5.74) is 0. The molecule has 0 radical (unpaired) electrons. The fraction of sp³-hybridized carbons (Fsp3) is 0.545. The summed E-state index contributed by atoms with van der Waals surface area (Å²) in [4.78, 5) is 11.6. The van der Waals surface area contributed by atoms with Crippen molar-refractivity contribution in [2.75, 3.05) is 6.61 Å². The first-order valence-corrected chi connectivity index (χ1v) is 4.97. The normalized spacial score (nSPS) is 21.4. The van der Waals surface area contributed by atoms with Gasteiger partial charge in [-0.3, -0.25) is 4.79 Å². The number of aryl methyl sites for hydroxylation is 1. The predicted octanol–water partition coefficient (Wildman–Crippen LogP) is 2.34. The molecule has 2 heterocycles. The molecule has 0 bridgehead atoms. The van der Waals surface area contributed by atoms with Crippen molar-refractivity contribution in [2.24, 2.45) is 0 Å². The van der Waals surface area contributed by atoms with Gasteiger partial charge in [-0.2, -0.15) is 0 Å². The molecule has 0 spiro atoms. The Hall–Kier alpha value is -1.09. The summed E-state index contributed by atoms with van der Waals surface area (Å²) >= 11 is 0. The lowest BCUT2D eigenvalue weighted by atomic mass is 10.1. The molecule has 1 aromatic heterocycles. The van der Waals surface area contributed by atoms with E-state index < -0.39 is 0 Å². The van der Waals surface area contributed by atoms with Gasteiger partial charge in [0.2, 0.25) is 5.78 Å². The fourth-order valence-corrected chi connectivity index (χ4v) is 1.70. The fourth-order valence-electron chi connectivity index (χ4n) is 1.70. The lowest BCUT2D eigenvalue weighted by Gasteiger charge is -2.05. The summed E-state index contributed by atoms with van der Waals surface area (Å²) in [5.74, 6) is 1.28. The van der Waals surface area contributed by atoms with Crippen molar-refractivity contribution >= 4 is 5.78 Å². The van der Waals surface area contributed by atoms with E-state index in [0.717, 1.165) is 25.2 Å². The number of carbonyl (C=O) groups excluding carboxylic acids is 1. The van der Waals surface area contributed by atoms with Crippen LogP contribution in [-0.2, 0) is 4.74 Å². The molecule has 14 heavy (non-hydrogen) atoms. The van der Waals surface area contributed by atoms with E-state index in [2.05, 4.69) is 0 Å². The molecule has 2 rings (SSSR count). The Morgan fingerprint density at radius 3 is 3.00 bits per heavy atom. The van der Waals surface area contributed by atoms with Crippen molar-refractivity contribution < 1.29 is 13.9 Å². The predicted molar refractivity (Wildman–Crippen MR) is 51.4 cm³/mol. The maximum Gasteiger partial charge on any atom is 0.200 e. The first-order valence-electron chi connectivity index (χ1n) is 4.97. The highest BCUT2D eigenvalue weighted by atomic mass is 16.5. The molecule has 0 N–H and O–H groups in total. The van der Waals surface area contributed by atoms with Gasteiger partial charge in [-0.15, -0.1) is 0 Å². The van der Waals surface area contributed by atoms with Crippen molar-refractivity contribution in [3.63, 3.8) is 0 Å². The molecule has 1 aromatic rings. The van der Waals surface area contributed by atoms with Crippen LogP contribution in [0.4, 0.5) is 0 Å². The molecule has 0 saturated carbocycles. The monoisotopic (exact) mass is 194 g/mol. The topological polar surface area (TPSA) is 39.4 Å². The van der Waals surface area contributed by atoms with Gasteiger partial charge in [0.1, 0.15) is 5.76 Å². The minimum atomic E-state index is 0.0463. The zero-order chi connectivity index (χ0) is 9.97. The third kappa shape index (κ3) is 2.04. The standard InChI is InChI=1S/C11H14O3/c1-8-4-5-11(14-8)10(12)7-9-3-2-6-13-9/h4-5,9H,2-3,6-7H2,1H3. The van der Waals surface area contributed by atoms with Crippen LogP contribution in [0.5, 0.6) is 0 Å². The average Bonchev–Trinajstić information content (AvgIpc) is 2.75. The molecule has 0 aliphatic carbocycles. The van der Waals surface area contributed by atoms with Gasteiger partial charge in [0.05, 0.1) is 6.10 Å². The Labute approximate surface area is 83.0 Å². The maximum absolute atomic E-state index is 11.6. The van der Waals surface area contributed by atoms with E-state index >= 15 is 0 Å². The highest BCUT2D eigenvalue weighted by Crippen LogP contribution is 2.18. The van der Waals surface area contributed by atoms with Crippen molar-refractivity contribution in [2.45, 2.75) is 32.3 Å². The Bertz CT molecular complexity index is 321. The number of ether oxygens (including phenoxy) is 1. The molecule has 76 valence electrons. The summed E-state index contributed by atoms with van der Waals surface area (Å²) in [7, 11) is 0. The van der Waals surface area contributed by atoms with Crippen molar-refractivity contribution in [3.05, 3.63) is 23.7 Å². The van der Waals surface area contributed by atoms with Crippen LogP contribution in [0, 0.1) is 6.92 Å². The van der Waals surface area contributed by atoms with E-state index in [0.29, 0.717) is 12.2 Å². The van der Waals surface area contributed by atoms with Gasteiger partial charge in [0.25, 0.3) is 0 Å². The minimum absolute atomic E-state index is 0.0463. The summed E-state index contributed by atoms with van der Waals surface area (Å²) in [6.45, 7) is 2.62. The first kappa shape index (κ1) is 9.46. The number of hydrogen-bond acceptors (Lipinski definition) is 3. The van der Waals surface area contributed by atoms with Gasteiger partial charge in [-0.05, 0) is 31.9 Å². The third-order valence-electron chi connectivity index (χ3n) is 2.45. The smallest absolute Gasteiger partial charge is 0.200 e. The lowest BCUT2D eigenvalue weighted by Crippen LogP contribution is -2.11. The van der Waals surface area contributed by atoms with Crippen LogP contribution in [0.15, 0.2) is 16.5 Å². The molecule has 0 aromatic carbocycles. The molecule has 1 unspecified atom stereocenters. The van der Waals surface area contributed by atoms with Crippen LogP contribution in [0.3, 0.4) is 0 Å². The number of carbonyl (C=O) groups is 1. The first-order chi connectivity index (χ1) is 6.75. The van der Waals surface area contributed by atoms with E-state index in [1.165, 1.54) is 0 Å². The second kappa shape index (κ2) is 3.96. The Kier molecular flexibility index (Phi) is 2.68. The van der Waals surface area contributed by atoms with Crippen LogP contribution >= 0.6 is 0 Å². The number of Topliss-reactive ketones (excluding diaryl/α,β-unsaturated/α-hetero) is 1. The Morgan fingerprint density at radius 1 is 1.57 bits per heavy atom. The highest BCUT2D eigenvalue weighted by Gasteiger charge is 2.21. The van der Waals surface area contributed by atoms with E-state index in [-0.39, 0.29) is 11.9 Å². The summed E-state index contributed by atoms with van der Waals surface area (Å²) in [5, 5.41) is 0. The second-order valence-electron chi connectivity index (χ2n) is 3.67. The zero-order valence-corrected chi connectivity index (χ0v) is 8.29. The van der Waals surface area contributed by atoms with E-state index in [1.807, 2.05) is 13.0 Å². The average molecular weight is 194 g/mol. The Balaban J connectivity index is 1.95. The van der Waals surface area contributed by atoms with Crippen LogP contribution in [0.25, 0.3) is 0 Å². The van der Waals surface area contributed by atoms with E-state index in [9.17, 15) is 4.79 Å². The molecule has 1 aliphatic rings. The maximum atomic E-state index is 11.6. The minimum Gasteiger partial charge on any atom is -0.458 e. The van der Waals surface area contributed by atoms with Gasteiger partial charge < -0.3 is 9.15 Å². The molecule has 0 amide bonds. The van der Waals surface area contributed by atoms with Crippen molar-refractivity contribution in [1.82, 2.24) is 0 Å².